The van der Waals surface area contributed by atoms with Crippen LogP contribution in [0.3, 0.4) is 0 Å². The summed E-state index contributed by atoms with van der Waals surface area (Å²) in [6, 6.07) is 4.94. The molecule has 2 aromatic rings. The summed E-state index contributed by atoms with van der Waals surface area (Å²) in [5.74, 6) is -3.62. The second-order valence-electron chi connectivity index (χ2n) is 10.1. The van der Waals surface area contributed by atoms with E-state index in [-0.39, 0.29) is 24.0 Å². The van der Waals surface area contributed by atoms with E-state index in [2.05, 4.69) is 13.0 Å². The first-order chi connectivity index (χ1) is 16.4. The summed E-state index contributed by atoms with van der Waals surface area (Å²) >= 11 is 0. The van der Waals surface area contributed by atoms with E-state index in [1.54, 1.807) is 12.1 Å². The molecule has 34 heavy (non-hydrogen) atoms. The molecule has 184 valence electrons. The van der Waals surface area contributed by atoms with Gasteiger partial charge in [0.25, 0.3) is 0 Å². The maximum Gasteiger partial charge on any atom is 0.194 e. The van der Waals surface area contributed by atoms with Gasteiger partial charge in [0.05, 0.1) is 0 Å². The van der Waals surface area contributed by atoms with Gasteiger partial charge in [-0.1, -0.05) is 50.8 Å². The molecule has 0 bridgehead atoms. The van der Waals surface area contributed by atoms with Crippen molar-refractivity contribution in [3.8, 4) is 0 Å². The van der Waals surface area contributed by atoms with Gasteiger partial charge in [-0.25, -0.2) is 22.0 Å². The lowest BCUT2D eigenvalue weighted by Crippen LogP contribution is -2.23. The summed E-state index contributed by atoms with van der Waals surface area (Å²) in [5.41, 5.74) is 1.52. The van der Waals surface area contributed by atoms with Crippen molar-refractivity contribution in [3.63, 3.8) is 0 Å². The number of halogens is 5. The van der Waals surface area contributed by atoms with Crippen LogP contribution in [0.15, 0.2) is 30.3 Å². The Bertz CT molecular complexity index is 1010. The highest BCUT2D eigenvalue weighted by molar-refractivity contribution is 5.67. The monoisotopic (exact) mass is 476 g/mol. The van der Waals surface area contributed by atoms with Crippen molar-refractivity contribution in [2.75, 3.05) is 0 Å². The number of rotatable bonds is 7. The van der Waals surface area contributed by atoms with Crippen molar-refractivity contribution in [1.82, 2.24) is 0 Å². The molecule has 1 saturated carbocycles. The SMILES string of the molecule is CCCC1CCC(C2CC=C(c3ccc(CCc4cc(F)c(F)c(F)c4)c(F)c3F)CC2)CC1. The van der Waals surface area contributed by atoms with Crippen LogP contribution in [0.25, 0.3) is 5.57 Å². The van der Waals surface area contributed by atoms with Crippen molar-refractivity contribution in [1.29, 1.82) is 0 Å². The lowest BCUT2D eigenvalue weighted by Gasteiger charge is -2.35. The van der Waals surface area contributed by atoms with Gasteiger partial charge in [-0.15, -0.1) is 0 Å². The van der Waals surface area contributed by atoms with Gasteiger partial charge in [-0.2, -0.15) is 0 Å². The van der Waals surface area contributed by atoms with Gasteiger partial charge in [0.15, 0.2) is 29.1 Å². The van der Waals surface area contributed by atoms with Crippen LogP contribution in [-0.2, 0) is 12.8 Å². The first-order valence-corrected chi connectivity index (χ1v) is 12.7. The smallest absolute Gasteiger partial charge is 0.194 e. The van der Waals surface area contributed by atoms with Crippen molar-refractivity contribution in [2.45, 2.75) is 77.6 Å². The van der Waals surface area contributed by atoms with Gasteiger partial charge in [0.1, 0.15) is 0 Å². The maximum atomic E-state index is 14.9. The van der Waals surface area contributed by atoms with Crippen LogP contribution >= 0.6 is 0 Å². The molecule has 2 aromatic carbocycles. The molecule has 0 N–H and O–H groups in total. The van der Waals surface area contributed by atoms with Crippen molar-refractivity contribution >= 4 is 5.57 Å². The summed E-state index contributed by atoms with van der Waals surface area (Å²) < 4.78 is 69.7. The predicted molar refractivity (Wildman–Crippen MR) is 126 cm³/mol. The highest BCUT2D eigenvalue weighted by Crippen LogP contribution is 2.42. The van der Waals surface area contributed by atoms with Crippen LogP contribution in [0, 0.1) is 46.8 Å². The molecule has 5 heteroatoms. The summed E-state index contributed by atoms with van der Waals surface area (Å²) in [6.07, 6.45) is 12.7. The largest absolute Gasteiger partial charge is 0.204 e. The fraction of sp³-hybridized carbons (Fsp3) is 0.517. The number of hydrogen-bond acceptors (Lipinski definition) is 0. The minimum Gasteiger partial charge on any atom is -0.204 e. The molecule has 0 aromatic heterocycles. The van der Waals surface area contributed by atoms with E-state index in [9.17, 15) is 22.0 Å². The molecule has 0 radical (unpaired) electrons. The van der Waals surface area contributed by atoms with E-state index in [0.29, 0.717) is 11.5 Å². The summed E-state index contributed by atoms with van der Waals surface area (Å²) in [5, 5.41) is 0. The van der Waals surface area contributed by atoms with Crippen LogP contribution < -0.4 is 0 Å². The molecule has 1 atom stereocenters. The third-order valence-electron chi connectivity index (χ3n) is 7.94. The Labute approximate surface area is 199 Å². The molecule has 0 spiro atoms. The highest BCUT2D eigenvalue weighted by atomic mass is 19.2. The molecule has 1 unspecified atom stereocenters. The molecule has 2 aliphatic carbocycles. The van der Waals surface area contributed by atoms with Gasteiger partial charge >= 0.3 is 0 Å². The lowest BCUT2D eigenvalue weighted by atomic mass is 9.70. The molecular weight excluding hydrogens is 443 g/mol. The van der Waals surface area contributed by atoms with E-state index in [1.807, 2.05) is 0 Å². The van der Waals surface area contributed by atoms with Crippen LogP contribution in [-0.4, -0.2) is 0 Å². The van der Waals surface area contributed by atoms with E-state index in [0.717, 1.165) is 48.8 Å². The molecular formula is C29H33F5. The first kappa shape index (κ1) is 24.9. The Morgan fingerprint density at radius 3 is 2.09 bits per heavy atom. The van der Waals surface area contributed by atoms with E-state index < -0.39 is 29.1 Å². The normalized spacial score (nSPS) is 23.1. The van der Waals surface area contributed by atoms with Gasteiger partial charge in [0, 0.05) is 5.56 Å². The Morgan fingerprint density at radius 2 is 1.47 bits per heavy atom. The second kappa shape index (κ2) is 11.0. The maximum absolute atomic E-state index is 14.9. The number of aryl methyl sites for hydroxylation is 2. The van der Waals surface area contributed by atoms with E-state index in [1.165, 1.54) is 38.5 Å². The average molecular weight is 477 g/mol. The van der Waals surface area contributed by atoms with Crippen molar-refractivity contribution in [3.05, 3.63) is 76.1 Å². The number of allylic oxidation sites excluding steroid dienone is 2. The average Bonchev–Trinajstić information content (AvgIpc) is 2.84. The Balaban J connectivity index is 1.38. The fourth-order valence-corrected chi connectivity index (χ4v) is 5.95. The molecule has 0 aliphatic heterocycles. The van der Waals surface area contributed by atoms with Crippen LogP contribution in [0.5, 0.6) is 0 Å². The molecule has 2 aliphatic rings. The minimum atomic E-state index is -1.53. The Kier molecular flexibility index (Phi) is 8.10. The highest BCUT2D eigenvalue weighted by Gasteiger charge is 2.29. The van der Waals surface area contributed by atoms with Gasteiger partial charge in [-0.05, 0) is 91.5 Å². The fourth-order valence-electron chi connectivity index (χ4n) is 5.95. The molecule has 0 saturated heterocycles. The number of hydrogen-bond donors (Lipinski definition) is 0. The summed E-state index contributed by atoms with van der Waals surface area (Å²) in [7, 11) is 0. The quantitative estimate of drug-likeness (QED) is 0.276. The molecule has 4 rings (SSSR count). The Hall–Kier alpha value is -2.17. The predicted octanol–water partition coefficient (Wildman–Crippen LogP) is 8.96. The van der Waals surface area contributed by atoms with Crippen LogP contribution in [0.1, 0.15) is 81.4 Å². The van der Waals surface area contributed by atoms with Crippen molar-refractivity contribution in [2.24, 2.45) is 17.8 Å². The topological polar surface area (TPSA) is 0 Å². The van der Waals surface area contributed by atoms with Gasteiger partial charge < -0.3 is 0 Å². The number of benzene rings is 2. The molecule has 0 nitrogen and oxygen atoms in total. The zero-order valence-electron chi connectivity index (χ0n) is 19.8. The second-order valence-corrected chi connectivity index (χ2v) is 10.1. The first-order valence-electron chi connectivity index (χ1n) is 12.7. The minimum absolute atomic E-state index is 0.0649. The van der Waals surface area contributed by atoms with E-state index >= 15 is 0 Å². The van der Waals surface area contributed by atoms with Gasteiger partial charge in [0.2, 0.25) is 0 Å². The van der Waals surface area contributed by atoms with Crippen molar-refractivity contribution < 1.29 is 22.0 Å². The molecule has 0 amide bonds. The third kappa shape index (κ3) is 5.55. The standard InChI is InChI=1S/C29H33F5/c1-2-3-18-4-7-20(8-5-18)21-10-12-22(13-11-21)24-15-14-23(27(32)28(24)33)9-6-19-16-25(30)29(34)26(31)17-19/h12,14-18,20-21H,2-11,13H2,1H3. The summed E-state index contributed by atoms with van der Waals surface area (Å²) in [6.45, 7) is 2.25. The van der Waals surface area contributed by atoms with E-state index in [4.69, 9.17) is 0 Å². The Morgan fingerprint density at radius 1 is 0.765 bits per heavy atom. The zero-order valence-corrected chi connectivity index (χ0v) is 19.8. The van der Waals surface area contributed by atoms with Gasteiger partial charge in [-0.3, -0.25) is 0 Å². The zero-order chi connectivity index (χ0) is 24.2. The molecule has 0 heterocycles. The molecule has 1 fully saturated rings. The summed E-state index contributed by atoms with van der Waals surface area (Å²) in [4.78, 5) is 0. The van der Waals surface area contributed by atoms with Crippen LogP contribution in [0.4, 0.5) is 22.0 Å². The van der Waals surface area contributed by atoms with Crippen LogP contribution in [0.2, 0.25) is 0 Å². The third-order valence-corrected chi connectivity index (χ3v) is 7.94. The lowest BCUT2D eigenvalue weighted by molar-refractivity contribution is 0.189.